The van der Waals surface area contributed by atoms with Crippen LogP contribution in [0.15, 0.2) is 76.9 Å². The SMILES string of the molecule is CC1(N)CCN(c2cnc(Sc3cccc(NC(=O)CCCCCCCN4CCN(C(=O)/C=C/C(=O)NCc5ccc6c(c5)CN(C5CCC(=O)NC5=O)C6=O)CC4)c3)cn2)CC1. The Morgan fingerprint density at radius 2 is 1.70 bits per heavy atom. The van der Waals surface area contributed by atoms with Crippen molar-refractivity contribution in [1.82, 2.24) is 35.3 Å². The first-order valence-electron chi connectivity index (χ1n) is 22.1. The summed E-state index contributed by atoms with van der Waals surface area (Å²) in [7, 11) is 0. The summed E-state index contributed by atoms with van der Waals surface area (Å²) in [5.41, 5.74) is 8.98. The molecule has 63 heavy (non-hydrogen) atoms. The molecule has 1 atom stereocenters. The van der Waals surface area contributed by atoms with Gasteiger partial charge in [-0.05, 0) is 81.0 Å². The van der Waals surface area contributed by atoms with E-state index in [1.807, 2.05) is 36.5 Å². The molecule has 17 heteroatoms. The molecule has 16 nitrogen and oxygen atoms in total. The van der Waals surface area contributed by atoms with Crippen molar-refractivity contribution in [2.75, 3.05) is 56.0 Å². The van der Waals surface area contributed by atoms with Crippen LogP contribution in [0.1, 0.15) is 92.6 Å². The monoisotopic (exact) mass is 878 g/mol. The second-order valence-electron chi connectivity index (χ2n) is 17.2. The molecule has 1 unspecified atom stereocenters. The predicted molar refractivity (Wildman–Crippen MR) is 239 cm³/mol. The van der Waals surface area contributed by atoms with Gasteiger partial charge in [0.15, 0.2) is 0 Å². The van der Waals surface area contributed by atoms with E-state index in [-0.39, 0.29) is 48.7 Å². The van der Waals surface area contributed by atoms with Crippen molar-refractivity contribution < 1.29 is 28.8 Å². The highest BCUT2D eigenvalue weighted by Gasteiger charge is 2.39. The van der Waals surface area contributed by atoms with Crippen LogP contribution in [0.3, 0.4) is 0 Å². The number of nitrogens with two attached hydrogens (primary N) is 1. The summed E-state index contributed by atoms with van der Waals surface area (Å²) in [5, 5.41) is 8.93. The Labute approximate surface area is 372 Å². The first-order chi connectivity index (χ1) is 30.4. The van der Waals surface area contributed by atoms with Crippen LogP contribution in [0.4, 0.5) is 11.5 Å². The summed E-state index contributed by atoms with van der Waals surface area (Å²) in [6.07, 6.45) is 14.0. The zero-order chi connectivity index (χ0) is 44.3. The number of benzene rings is 2. The van der Waals surface area contributed by atoms with Crippen LogP contribution in [0.5, 0.6) is 0 Å². The van der Waals surface area contributed by atoms with Gasteiger partial charge in [-0.3, -0.25) is 39.0 Å². The number of imide groups is 1. The van der Waals surface area contributed by atoms with Gasteiger partial charge in [0.2, 0.25) is 29.5 Å². The molecule has 3 aromatic rings. The predicted octanol–water partition coefficient (Wildman–Crippen LogP) is 4.00. The van der Waals surface area contributed by atoms with Gasteiger partial charge in [0, 0.05) is 99.0 Å². The molecule has 4 aliphatic rings. The zero-order valence-corrected chi connectivity index (χ0v) is 36.8. The first-order valence-corrected chi connectivity index (χ1v) is 22.9. The van der Waals surface area contributed by atoms with Crippen LogP contribution < -0.4 is 26.6 Å². The normalized spacial score (nSPS) is 19.0. The molecule has 0 aliphatic carbocycles. The van der Waals surface area contributed by atoms with Crippen LogP contribution in [-0.4, -0.2) is 118 Å². The number of anilines is 2. The van der Waals surface area contributed by atoms with Crippen molar-refractivity contribution in [2.24, 2.45) is 5.73 Å². The number of piperidine rings is 2. The van der Waals surface area contributed by atoms with E-state index in [4.69, 9.17) is 5.73 Å². The minimum absolute atomic E-state index is 0.0108. The molecule has 0 spiro atoms. The number of piperazine rings is 1. The average Bonchev–Trinajstić information content (AvgIpc) is 3.59. The van der Waals surface area contributed by atoms with E-state index < -0.39 is 17.9 Å². The summed E-state index contributed by atoms with van der Waals surface area (Å²) in [6.45, 7) is 8.03. The number of hydrogen-bond acceptors (Lipinski definition) is 12. The van der Waals surface area contributed by atoms with E-state index in [1.54, 1.807) is 23.2 Å². The van der Waals surface area contributed by atoms with E-state index in [2.05, 4.69) is 42.6 Å². The van der Waals surface area contributed by atoms with Gasteiger partial charge in [0.05, 0.1) is 12.4 Å². The Bertz CT molecular complexity index is 2180. The lowest BCUT2D eigenvalue weighted by Gasteiger charge is -2.37. The number of nitrogens with one attached hydrogen (secondary N) is 3. The van der Waals surface area contributed by atoms with E-state index in [1.165, 1.54) is 28.8 Å². The summed E-state index contributed by atoms with van der Waals surface area (Å²) in [4.78, 5) is 93.0. The molecule has 1 aromatic heterocycles. The maximum Gasteiger partial charge on any atom is 0.255 e. The third-order valence-corrected chi connectivity index (χ3v) is 13.1. The summed E-state index contributed by atoms with van der Waals surface area (Å²) < 4.78 is 0. The molecule has 0 bridgehead atoms. The highest BCUT2D eigenvalue weighted by molar-refractivity contribution is 7.99. The summed E-state index contributed by atoms with van der Waals surface area (Å²) in [5.74, 6) is -0.753. The van der Waals surface area contributed by atoms with Gasteiger partial charge in [-0.25, -0.2) is 9.97 Å². The molecule has 5 N–H and O–H groups in total. The summed E-state index contributed by atoms with van der Waals surface area (Å²) >= 11 is 1.51. The van der Waals surface area contributed by atoms with E-state index in [0.29, 0.717) is 31.5 Å². The van der Waals surface area contributed by atoms with Crippen molar-refractivity contribution in [3.05, 3.63) is 83.7 Å². The minimum Gasteiger partial charge on any atom is -0.355 e. The fraction of sp³-hybridized carbons (Fsp3) is 0.478. The van der Waals surface area contributed by atoms with Gasteiger partial charge in [-0.2, -0.15) is 0 Å². The van der Waals surface area contributed by atoms with Crippen LogP contribution in [0, 0.1) is 0 Å². The van der Waals surface area contributed by atoms with Gasteiger partial charge in [-0.1, -0.05) is 49.2 Å². The molecule has 0 saturated carbocycles. The topological polar surface area (TPSA) is 203 Å². The maximum atomic E-state index is 12.9. The smallest absolute Gasteiger partial charge is 0.255 e. The molecule has 6 amide bonds. The number of carbonyl (C=O) groups excluding carboxylic acids is 6. The molecule has 3 fully saturated rings. The number of hydrogen-bond donors (Lipinski definition) is 4. The number of aromatic nitrogens is 2. The zero-order valence-electron chi connectivity index (χ0n) is 36.0. The van der Waals surface area contributed by atoms with Crippen molar-refractivity contribution in [3.8, 4) is 0 Å². The van der Waals surface area contributed by atoms with Crippen molar-refractivity contribution in [1.29, 1.82) is 0 Å². The van der Waals surface area contributed by atoms with Crippen molar-refractivity contribution in [3.63, 3.8) is 0 Å². The molecule has 5 heterocycles. The van der Waals surface area contributed by atoms with Crippen molar-refractivity contribution >= 4 is 58.7 Å². The highest BCUT2D eigenvalue weighted by atomic mass is 32.2. The van der Waals surface area contributed by atoms with E-state index >= 15 is 0 Å². The number of unbranched alkanes of at least 4 members (excludes halogenated alkanes) is 4. The Kier molecular flexibility index (Phi) is 15.2. The van der Waals surface area contributed by atoms with Crippen LogP contribution >= 0.6 is 11.8 Å². The quantitative estimate of drug-likeness (QED) is 0.0864. The Morgan fingerprint density at radius 3 is 2.46 bits per heavy atom. The molecule has 7 rings (SSSR count). The number of fused-ring (bicyclic) bond motifs is 1. The fourth-order valence-corrected chi connectivity index (χ4v) is 9.12. The maximum absolute atomic E-state index is 12.9. The highest BCUT2D eigenvalue weighted by Crippen LogP contribution is 2.30. The van der Waals surface area contributed by atoms with E-state index in [9.17, 15) is 28.8 Å². The van der Waals surface area contributed by atoms with Crippen LogP contribution in [-0.2, 0) is 37.1 Å². The van der Waals surface area contributed by atoms with Gasteiger partial charge in [0.1, 0.15) is 16.9 Å². The third kappa shape index (κ3) is 12.7. The fourth-order valence-electron chi connectivity index (χ4n) is 8.33. The average molecular weight is 879 g/mol. The molecular formula is C46H58N10O6S. The molecule has 334 valence electrons. The molecular weight excluding hydrogens is 821 g/mol. The first kappa shape index (κ1) is 45.4. The second kappa shape index (κ2) is 21.1. The Morgan fingerprint density at radius 1 is 0.921 bits per heavy atom. The lowest BCUT2D eigenvalue weighted by atomic mass is 9.91. The number of nitrogens with zero attached hydrogens (tertiary/aromatic N) is 6. The Hall–Kier alpha value is -5.65. The van der Waals surface area contributed by atoms with Crippen LogP contribution in [0.25, 0.3) is 0 Å². The van der Waals surface area contributed by atoms with Gasteiger partial charge in [-0.15, -0.1) is 0 Å². The Balaban J connectivity index is 0.717. The molecule has 4 aliphatic heterocycles. The number of carbonyl (C=O) groups is 6. The van der Waals surface area contributed by atoms with Crippen LogP contribution in [0.2, 0.25) is 0 Å². The minimum atomic E-state index is -0.685. The number of amides is 6. The molecule has 3 saturated heterocycles. The molecule has 2 aromatic carbocycles. The standard InChI is InChI=1S/C46H58N10O6S/c1-46(47)17-20-54(21-18-46)38-29-50-42(30-48-38)63-35-9-7-8-34(27-35)51-40(58)10-5-3-2-4-6-19-53-22-24-55(25-23-53)43(60)16-15-39(57)49-28-32-11-12-36-33(26-32)31-56(45(36)62)37-13-14-41(59)52-44(37)61/h7-9,11-12,15-16,26-27,29-30,37H,2-6,10,13-14,17-25,28,31,47H2,1H3,(H,49,57)(H,51,58)(H,52,59,61)/b16-15+. The summed E-state index contributed by atoms with van der Waals surface area (Å²) in [6, 6.07) is 12.4. The lowest BCUT2D eigenvalue weighted by Crippen LogP contribution is -2.52. The second-order valence-corrected chi connectivity index (χ2v) is 18.3. The largest absolute Gasteiger partial charge is 0.355 e. The van der Waals surface area contributed by atoms with E-state index in [0.717, 1.165) is 110 Å². The molecule has 0 radical (unpaired) electrons. The third-order valence-electron chi connectivity index (χ3n) is 12.2. The number of rotatable bonds is 17. The van der Waals surface area contributed by atoms with Gasteiger partial charge in [0.25, 0.3) is 5.91 Å². The van der Waals surface area contributed by atoms with Crippen molar-refractivity contribution in [2.45, 2.75) is 106 Å². The van der Waals surface area contributed by atoms with Gasteiger partial charge < -0.3 is 31.1 Å². The van der Waals surface area contributed by atoms with Gasteiger partial charge >= 0.3 is 0 Å². The lowest BCUT2D eigenvalue weighted by molar-refractivity contribution is -0.137.